The van der Waals surface area contributed by atoms with Crippen LogP contribution >= 0.6 is 0 Å². The van der Waals surface area contributed by atoms with E-state index in [1.165, 1.54) is 18.3 Å². The van der Waals surface area contributed by atoms with E-state index in [4.69, 9.17) is 14.7 Å². The number of aromatic hydroxyl groups is 1. The Morgan fingerprint density at radius 2 is 2.12 bits per heavy atom. The molecule has 0 unspecified atom stereocenters. The summed E-state index contributed by atoms with van der Waals surface area (Å²) >= 11 is 0. The van der Waals surface area contributed by atoms with E-state index in [0.29, 0.717) is 24.5 Å². The molecule has 0 saturated carbocycles. The van der Waals surface area contributed by atoms with Crippen LogP contribution in [-0.2, 0) is 0 Å². The molecule has 1 aromatic carbocycles. The number of rotatable bonds is 0. The number of phenols is 1. The number of ether oxygens (including phenoxy) is 2. The van der Waals surface area contributed by atoms with E-state index < -0.39 is 6.03 Å². The van der Waals surface area contributed by atoms with Gasteiger partial charge in [-0.3, -0.25) is 5.32 Å². The predicted molar refractivity (Wildman–Crippen MR) is 92.2 cm³/mol. The summed E-state index contributed by atoms with van der Waals surface area (Å²) in [5, 5.41) is 23.8. The first-order chi connectivity index (χ1) is 12.7. The van der Waals surface area contributed by atoms with Crippen molar-refractivity contribution in [3.05, 3.63) is 42.2 Å². The third kappa shape index (κ3) is 4.18. The van der Waals surface area contributed by atoms with E-state index >= 15 is 0 Å². The number of hydrogen-bond donors (Lipinski definition) is 3. The fourth-order valence-corrected chi connectivity index (χ4v) is 2.17. The van der Waals surface area contributed by atoms with E-state index in [9.17, 15) is 9.90 Å². The van der Waals surface area contributed by atoms with Crippen LogP contribution in [0, 0.1) is 11.3 Å². The molecule has 2 heterocycles. The highest BCUT2D eigenvalue weighted by molar-refractivity contribution is 6.00. The Balaban J connectivity index is 1.90. The number of phenolic OH excluding ortho intramolecular Hbond substituents is 1. The molecule has 132 valence electrons. The van der Waals surface area contributed by atoms with Crippen molar-refractivity contribution in [1.29, 1.82) is 5.26 Å². The number of anilines is 2. The molecular weight excluding hydrogens is 338 g/mol. The van der Waals surface area contributed by atoms with Gasteiger partial charge in [0.15, 0.2) is 5.82 Å². The van der Waals surface area contributed by atoms with Crippen molar-refractivity contribution in [1.82, 2.24) is 9.97 Å². The van der Waals surface area contributed by atoms with Gasteiger partial charge < -0.3 is 19.9 Å². The first-order valence-electron chi connectivity index (χ1n) is 7.74. The summed E-state index contributed by atoms with van der Waals surface area (Å²) in [5.74, 6) is 0.544. The lowest BCUT2D eigenvalue weighted by Gasteiger charge is -2.12. The van der Waals surface area contributed by atoms with Crippen LogP contribution in [0.3, 0.4) is 0 Å². The quantitative estimate of drug-likeness (QED) is 0.620. The molecule has 26 heavy (non-hydrogen) atoms. The second-order valence-corrected chi connectivity index (χ2v) is 5.20. The van der Waals surface area contributed by atoms with Gasteiger partial charge in [-0.2, -0.15) is 10.2 Å². The summed E-state index contributed by atoms with van der Waals surface area (Å²) in [7, 11) is 0. The normalized spacial score (nSPS) is 15.4. The number of nitrogens with one attached hydrogen (secondary N) is 2. The fourth-order valence-electron chi connectivity index (χ4n) is 2.17. The summed E-state index contributed by atoms with van der Waals surface area (Å²) in [6.07, 6.45) is 5.49. The van der Waals surface area contributed by atoms with E-state index in [1.807, 2.05) is 12.1 Å². The largest absolute Gasteiger partial charge is 0.508 e. The Kier molecular flexibility index (Phi) is 5.14. The predicted octanol–water partition coefficient (Wildman–Crippen LogP) is 2.42. The van der Waals surface area contributed by atoms with Crippen LogP contribution in [0.4, 0.5) is 16.3 Å². The lowest BCUT2D eigenvalue weighted by molar-refractivity contribution is 0.262. The van der Waals surface area contributed by atoms with Crippen LogP contribution in [-0.4, -0.2) is 34.3 Å². The van der Waals surface area contributed by atoms with E-state index in [1.54, 1.807) is 12.1 Å². The zero-order chi connectivity index (χ0) is 18.4. The minimum absolute atomic E-state index is 0.0186. The molecule has 1 aromatic heterocycles. The number of hydrogen-bond acceptors (Lipinski definition) is 7. The Morgan fingerprint density at radius 1 is 1.23 bits per heavy atom. The van der Waals surface area contributed by atoms with Gasteiger partial charge in [-0.05, 0) is 18.6 Å². The van der Waals surface area contributed by atoms with Crippen molar-refractivity contribution in [2.24, 2.45) is 0 Å². The maximum atomic E-state index is 12.2. The number of nitrogens with zero attached hydrogens (tertiary/aromatic N) is 3. The van der Waals surface area contributed by atoms with Crippen LogP contribution in [0.1, 0.15) is 12.1 Å². The molecule has 2 aromatic rings. The molecule has 0 atom stereocenters. The number of aromatic nitrogens is 2. The van der Waals surface area contributed by atoms with Crippen LogP contribution in [0.2, 0.25) is 0 Å². The van der Waals surface area contributed by atoms with Crippen LogP contribution in [0.15, 0.2) is 36.5 Å². The summed E-state index contributed by atoms with van der Waals surface area (Å²) in [6.45, 7) is 0.568. The lowest BCUT2D eigenvalue weighted by Crippen LogP contribution is -2.21. The molecule has 2 bridgehead atoms. The molecule has 3 rings (SSSR count). The molecule has 9 nitrogen and oxygen atoms in total. The van der Waals surface area contributed by atoms with Gasteiger partial charge in [0, 0.05) is 6.07 Å². The van der Waals surface area contributed by atoms with Crippen molar-refractivity contribution in [3.8, 4) is 23.4 Å². The van der Waals surface area contributed by atoms with Crippen LogP contribution in [0.25, 0.3) is 0 Å². The van der Waals surface area contributed by atoms with Gasteiger partial charge >= 0.3 is 6.03 Å². The molecule has 1 aliphatic rings. The molecule has 0 saturated heterocycles. The number of amides is 2. The van der Waals surface area contributed by atoms with Crippen molar-refractivity contribution >= 4 is 17.5 Å². The number of fused-ring (bicyclic) bond motifs is 3. The van der Waals surface area contributed by atoms with Crippen LogP contribution < -0.4 is 20.1 Å². The molecule has 0 spiro atoms. The Hall–Kier alpha value is -3.80. The highest BCUT2D eigenvalue weighted by Crippen LogP contribution is 2.29. The van der Waals surface area contributed by atoms with Gasteiger partial charge in [0.2, 0.25) is 5.69 Å². The second kappa shape index (κ2) is 7.85. The molecule has 0 fully saturated rings. The Morgan fingerprint density at radius 3 is 2.96 bits per heavy atom. The van der Waals surface area contributed by atoms with Crippen molar-refractivity contribution in [2.75, 3.05) is 23.8 Å². The zero-order valence-electron chi connectivity index (χ0n) is 13.6. The molecule has 3 N–H and O–H groups in total. The third-order valence-corrected chi connectivity index (χ3v) is 3.32. The van der Waals surface area contributed by atoms with Crippen molar-refractivity contribution in [2.45, 2.75) is 6.42 Å². The standard InChI is InChI=1S/C17H15N5O4/c18-9-13-16-21-15(10-19-13)22-17(24)20-12-8-11(23)4-5-14(12)25-6-2-1-3-7-26-16/h1-2,4-5,8,10,23H,3,6-7H2,(H2,20,21,22,24)/b2-1-. The molecule has 0 radical (unpaired) electrons. The van der Waals surface area contributed by atoms with E-state index in [2.05, 4.69) is 20.6 Å². The first-order valence-corrected chi connectivity index (χ1v) is 7.74. The number of carbonyl (C=O) groups is 1. The molecular formula is C17H15N5O4. The summed E-state index contributed by atoms with van der Waals surface area (Å²) in [6, 6.07) is 5.66. The van der Waals surface area contributed by atoms with Gasteiger partial charge in [-0.25, -0.2) is 9.78 Å². The smallest absolute Gasteiger partial charge is 0.325 e. The van der Waals surface area contributed by atoms with E-state index in [-0.39, 0.29) is 29.7 Å². The van der Waals surface area contributed by atoms with Crippen LogP contribution in [0.5, 0.6) is 17.4 Å². The van der Waals surface area contributed by atoms with Gasteiger partial charge in [0.1, 0.15) is 24.2 Å². The average molecular weight is 353 g/mol. The minimum Gasteiger partial charge on any atom is -0.508 e. The van der Waals surface area contributed by atoms with Gasteiger partial charge in [0.05, 0.1) is 18.5 Å². The lowest BCUT2D eigenvalue weighted by atomic mass is 10.2. The third-order valence-electron chi connectivity index (χ3n) is 3.32. The number of benzene rings is 1. The summed E-state index contributed by atoms with van der Waals surface area (Å²) in [4.78, 5) is 20.2. The maximum absolute atomic E-state index is 12.2. The second-order valence-electron chi connectivity index (χ2n) is 5.20. The van der Waals surface area contributed by atoms with Crippen molar-refractivity contribution < 1.29 is 19.4 Å². The Bertz CT molecular complexity index is 891. The molecule has 1 aliphatic heterocycles. The number of nitriles is 1. The van der Waals surface area contributed by atoms with Crippen molar-refractivity contribution in [3.63, 3.8) is 0 Å². The number of carbonyl (C=O) groups excluding carboxylic acids is 1. The molecule has 9 heteroatoms. The number of urea groups is 1. The summed E-state index contributed by atoms with van der Waals surface area (Å²) in [5.41, 5.74) is 0.326. The summed E-state index contributed by atoms with van der Waals surface area (Å²) < 4.78 is 11.1. The topological polar surface area (TPSA) is 129 Å². The fraction of sp³-hybridized carbons (Fsp3) is 0.176. The minimum atomic E-state index is -0.615. The highest BCUT2D eigenvalue weighted by Gasteiger charge is 2.13. The molecule has 0 aliphatic carbocycles. The SMILES string of the molecule is N#Cc1ncc2nc1OCC/C=C\COc1ccc(O)cc1NC(=O)N2. The van der Waals surface area contributed by atoms with Gasteiger partial charge in [-0.15, -0.1) is 0 Å². The monoisotopic (exact) mass is 353 g/mol. The molecule has 2 amide bonds. The first kappa shape index (κ1) is 17.0. The van der Waals surface area contributed by atoms with Gasteiger partial charge in [0.25, 0.3) is 5.88 Å². The van der Waals surface area contributed by atoms with Gasteiger partial charge in [-0.1, -0.05) is 12.2 Å². The average Bonchev–Trinajstić information content (AvgIpc) is 2.62. The Labute approximate surface area is 148 Å². The highest BCUT2D eigenvalue weighted by atomic mass is 16.5. The maximum Gasteiger partial charge on any atom is 0.325 e. The zero-order valence-corrected chi connectivity index (χ0v) is 13.6. The van der Waals surface area contributed by atoms with E-state index in [0.717, 1.165) is 0 Å².